The van der Waals surface area contributed by atoms with Crippen molar-refractivity contribution >= 4 is 11.7 Å². The molecule has 29 heavy (non-hydrogen) atoms. The molecule has 3 aromatic rings. The molecule has 0 unspecified atom stereocenters. The molecule has 1 aliphatic heterocycles. The topological polar surface area (TPSA) is 102 Å². The van der Waals surface area contributed by atoms with Crippen LogP contribution in [0, 0.1) is 0 Å². The summed E-state index contributed by atoms with van der Waals surface area (Å²) in [4.78, 5) is 17.5. The fraction of sp³-hybridized carbons (Fsp3) is 0.333. The van der Waals surface area contributed by atoms with Crippen molar-refractivity contribution < 1.29 is 14.6 Å². The molecule has 0 radical (unpaired) electrons. The molecule has 0 atom stereocenters. The van der Waals surface area contributed by atoms with Crippen molar-refractivity contribution in [3.8, 4) is 17.3 Å². The highest BCUT2D eigenvalue weighted by Gasteiger charge is 2.22. The lowest BCUT2D eigenvalue weighted by molar-refractivity contribution is 0.0784. The zero-order valence-electron chi connectivity index (χ0n) is 16.4. The predicted molar refractivity (Wildman–Crippen MR) is 108 cm³/mol. The van der Waals surface area contributed by atoms with Crippen LogP contribution in [0.2, 0.25) is 0 Å². The Balaban J connectivity index is 1.75. The van der Waals surface area contributed by atoms with E-state index >= 15 is 0 Å². The fourth-order valence-electron chi connectivity index (χ4n) is 3.21. The van der Waals surface area contributed by atoms with Gasteiger partial charge in [-0.1, -0.05) is 12.1 Å². The molecule has 1 amide bonds. The van der Waals surface area contributed by atoms with Crippen LogP contribution in [-0.2, 0) is 12.1 Å². The second-order valence-electron chi connectivity index (χ2n) is 7.54. The van der Waals surface area contributed by atoms with Gasteiger partial charge in [0.15, 0.2) is 5.82 Å². The summed E-state index contributed by atoms with van der Waals surface area (Å²) in [6, 6.07) is 10.5. The monoisotopic (exact) mass is 393 g/mol. The molecule has 8 heteroatoms. The van der Waals surface area contributed by atoms with E-state index in [-0.39, 0.29) is 5.91 Å². The van der Waals surface area contributed by atoms with Crippen molar-refractivity contribution in [1.29, 1.82) is 0 Å². The van der Waals surface area contributed by atoms with Crippen molar-refractivity contribution in [1.82, 2.24) is 19.7 Å². The number of amides is 1. The summed E-state index contributed by atoms with van der Waals surface area (Å²) < 4.78 is 7.84. The highest BCUT2D eigenvalue weighted by atomic mass is 16.5. The van der Waals surface area contributed by atoms with Crippen LogP contribution in [0.3, 0.4) is 0 Å². The number of ether oxygens (including phenoxy) is 1. The lowest BCUT2D eigenvalue weighted by atomic mass is 9.96. The number of aryl methyl sites for hydroxylation is 1. The Hall–Kier alpha value is -3.26. The number of aliphatic hydroxyl groups is 1. The molecule has 2 N–H and O–H groups in total. The summed E-state index contributed by atoms with van der Waals surface area (Å²) in [7, 11) is 0. The first-order valence-electron chi connectivity index (χ1n) is 9.58. The Labute approximate surface area is 168 Å². The van der Waals surface area contributed by atoms with E-state index in [0.717, 1.165) is 19.4 Å². The average Bonchev–Trinajstić information content (AvgIpc) is 3.15. The van der Waals surface area contributed by atoms with Gasteiger partial charge in [-0.05, 0) is 56.5 Å². The SMILES string of the molecule is CC(C)(O)c1ccc2c(c1)C(=O)Nc1cccc(n1)-c1nncn1CCCCO2. The molecule has 1 aromatic carbocycles. The number of carbonyl (C=O) groups is 1. The minimum absolute atomic E-state index is 0.353. The quantitative estimate of drug-likeness (QED) is 0.659. The predicted octanol–water partition coefficient (Wildman–Crippen LogP) is 2.99. The van der Waals surface area contributed by atoms with Crippen LogP contribution in [0.5, 0.6) is 5.75 Å². The molecule has 3 heterocycles. The van der Waals surface area contributed by atoms with Crippen LogP contribution < -0.4 is 10.1 Å². The molecule has 8 nitrogen and oxygen atoms in total. The van der Waals surface area contributed by atoms with E-state index in [4.69, 9.17) is 4.74 Å². The second kappa shape index (κ2) is 7.63. The number of anilines is 1. The zero-order chi connectivity index (χ0) is 20.4. The Morgan fingerprint density at radius 2 is 2.07 bits per heavy atom. The summed E-state index contributed by atoms with van der Waals surface area (Å²) in [5.41, 5.74) is 0.554. The second-order valence-corrected chi connectivity index (χ2v) is 7.54. The number of aromatic nitrogens is 4. The van der Waals surface area contributed by atoms with Crippen molar-refractivity contribution in [3.63, 3.8) is 0 Å². The van der Waals surface area contributed by atoms with Crippen LogP contribution >= 0.6 is 0 Å². The minimum atomic E-state index is -1.07. The highest BCUT2D eigenvalue weighted by Crippen LogP contribution is 2.28. The van der Waals surface area contributed by atoms with Crippen LogP contribution in [0.15, 0.2) is 42.7 Å². The maximum absolute atomic E-state index is 13.0. The molecule has 150 valence electrons. The van der Waals surface area contributed by atoms with Gasteiger partial charge in [0.1, 0.15) is 23.6 Å². The van der Waals surface area contributed by atoms with Gasteiger partial charge in [0.2, 0.25) is 0 Å². The van der Waals surface area contributed by atoms with E-state index in [1.807, 2.05) is 16.7 Å². The Bertz CT molecular complexity index is 1040. The van der Waals surface area contributed by atoms with Gasteiger partial charge in [0, 0.05) is 6.54 Å². The van der Waals surface area contributed by atoms with Crippen molar-refractivity contribution in [2.45, 2.75) is 38.8 Å². The van der Waals surface area contributed by atoms with E-state index in [9.17, 15) is 9.90 Å². The van der Waals surface area contributed by atoms with Gasteiger partial charge in [-0.2, -0.15) is 0 Å². The third-order valence-corrected chi connectivity index (χ3v) is 4.82. The molecule has 1 aliphatic rings. The van der Waals surface area contributed by atoms with Crippen LogP contribution in [0.4, 0.5) is 5.82 Å². The van der Waals surface area contributed by atoms with Crippen LogP contribution in [0.25, 0.3) is 11.5 Å². The maximum atomic E-state index is 13.0. The van der Waals surface area contributed by atoms with Gasteiger partial charge in [0.05, 0.1) is 17.8 Å². The number of nitrogens with one attached hydrogen (secondary N) is 1. The van der Waals surface area contributed by atoms with Crippen molar-refractivity contribution in [3.05, 3.63) is 53.9 Å². The van der Waals surface area contributed by atoms with E-state index in [0.29, 0.717) is 40.8 Å². The fourth-order valence-corrected chi connectivity index (χ4v) is 3.21. The number of fused-ring (bicyclic) bond motifs is 5. The Morgan fingerprint density at radius 1 is 1.21 bits per heavy atom. The van der Waals surface area contributed by atoms with Gasteiger partial charge in [-0.3, -0.25) is 4.79 Å². The maximum Gasteiger partial charge on any atom is 0.260 e. The van der Waals surface area contributed by atoms with E-state index in [1.165, 1.54) is 0 Å². The zero-order valence-corrected chi connectivity index (χ0v) is 16.4. The lowest BCUT2D eigenvalue weighted by Crippen LogP contribution is -2.19. The van der Waals surface area contributed by atoms with Crippen LogP contribution in [-0.4, -0.2) is 37.4 Å². The van der Waals surface area contributed by atoms with Gasteiger partial charge in [-0.15, -0.1) is 10.2 Å². The normalized spacial score (nSPS) is 14.8. The molecule has 0 spiro atoms. The molecule has 2 aromatic heterocycles. The van der Waals surface area contributed by atoms with Gasteiger partial charge >= 0.3 is 0 Å². The van der Waals surface area contributed by atoms with Gasteiger partial charge < -0.3 is 19.7 Å². The molecule has 0 saturated heterocycles. The van der Waals surface area contributed by atoms with Crippen molar-refractivity contribution in [2.75, 3.05) is 11.9 Å². The molecule has 0 aliphatic carbocycles. The molecular weight excluding hydrogens is 370 g/mol. The molecule has 0 fully saturated rings. The van der Waals surface area contributed by atoms with E-state index < -0.39 is 5.60 Å². The lowest BCUT2D eigenvalue weighted by Gasteiger charge is -2.20. The van der Waals surface area contributed by atoms with Gasteiger partial charge in [0.25, 0.3) is 5.91 Å². The van der Waals surface area contributed by atoms with E-state index in [1.54, 1.807) is 44.4 Å². The Morgan fingerprint density at radius 3 is 2.90 bits per heavy atom. The number of benzene rings is 1. The summed E-state index contributed by atoms with van der Waals surface area (Å²) in [5.74, 6) is 1.19. The average molecular weight is 393 g/mol. The number of rotatable bonds is 1. The third kappa shape index (κ3) is 4.12. The molecule has 2 bridgehead atoms. The number of nitrogens with zero attached hydrogens (tertiary/aromatic N) is 4. The molecular formula is C21H23N5O3. The third-order valence-electron chi connectivity index (χ3n) is 4.82. The summed E-state index contributed by atoms with van der Waals surface area (Å²) in [6.07, 6.45) is 3.36. The minimum Gasteiger partial charge on any atom is -0.493 e. The van der Waals surface area contributed by atoms with Crippen molar-refractivity contribution in [2.24, 2.45) is 0 Å². The summed E-state index contributed by atoms with van der Waals surface area (Å²) in [5, 5.41) is 21.3. The Kier molecular flexibility index (Phi) is 5.02. The highest BCUT2D eigenvalue weighted by molar-refractivity contribution is 6.06. The molecule has 4 rings (SSSR count). The van der Waals surface area contributed by atoms with E-state index in [2.05, 4.69) is 20.5 Å². The number of pyridine rings is 1. The number of carbonyl (C=O) groups excluding carboxylic acids is 1. The number of hydrogen-bond donors (Lipinski definition) is 2. The summed E-state index contributed by atoms with van der Waals surface area (Å²) >= 11 is 0. The smallest absolute Gasteiger partial charge is 0.260 e. The first kappa shape index (κ1) is 19.1. The molecule has 0 saturated carbocycles. The van der Waals surface area contributed by atoms with Crippen LogP contribution in [0.1, 0.15) is 42.6 Å². The number of hydrogen-bond acceptors (Lipinski definition) is 6. The standard InChI is InChI=1S/C21H23N5O3/c1-21(2,28)14-8-9-17-15(12-14)20(27)24-18-7-5-6-16(23-18)19-25-22-13-26(19)10-3-4-11-29-17/h5-9,12-13,28H,3-4,10-11H2,1-2H3,(H,23,24,27). The largest absolute Gasteiger partial charge is 0.493 e. The first-order valence-corrected chi connectivity index (χ1v) is 9.58. The summed E-state index contributed by atoms with van der Waals surface area (Å²) in [6.45, 7) is 4.58. The first-order chi connectivity index (χ1) is 13.9. The van der Waals surface area contributed by atoms with Gasteiger partial charge in [-0.25, -0.2) is 4.98 Å².